The summed E-state index contributed by atoms with van der Waals surface area (Å²) in [4.78, 5) is 10.4. The SMILES string of the molecule is CC(NCc1ccc(Br)o1)C(=O)O. The van der Waals surface area contributed by atoms with Crippen LogP contribution in [-0.2, 0) is 11.3 Å². The van der Waals surface area contributed by atoms with Gasteiger partial charge in [0.05, 0.1) is 6.54 Å². The van der Waals surface area contributed by atoms with Gasteiger partial charge >= 0.3 is 5.97 Å². The van der Waals surface area contributed by atoms with Crippen LogP contribution >= 0.6 is 15.9 Å². The minimum atomic E-state index is -0.870. The summed E-state index contributed by atoms with van der Waals surface area (Å²) in [6.45, 7) is 2.00. The number of carbonyl (C=O) groups is 1. The van der Waals surface area contributed by atoms with E-state index in [1.165, 1.54) is 0 Å². The van der Waals surface area contributed by atoms with Crippen molar-refractivity contribution in [2.24, 2.45) is 0 Å². The summed E-state index contributed by atoms with van der Waals surface area (Å²) in [6.07, 6.45) is 0. The number of halogens is 1. The Hall–Kier alpha value is -0.810. The molecule has 13 heavy (non-hydrogen) atoms. The van der Waals surface area contributed by atoms with Gasteiger partial charge in [0.15, 0.2) is 4.67 Å². The highest BCUT2D eigenvalue weighted by molar-refractivity contribution is 9.10. The second kappa shape index (κ2) is 4.43. The van der Waals surface area contributed by atoms with Crippen LogP contribution in [0.15, 0.2) is 21.2 Å². The summed E-state index contributed by atoms with van der Waals surface area (Å²) in [5.41, 5.74) is 0. The zero-order valence-corrected chi connectivity index (χ0v) is 8.67. The van der Waals surface area contributed by atoms with Crippen molar-refractivity contribution in [2.45, 2.75) is 19.5 Å². The molecule has 1 atom stereocenters. The first-order chi connectivity index (χ1) is 6.09. The second-order valence-corrected chi connectivity index (χ2v) is 3.43. The van der Waals surface area contributed by atoms with E-state index in [2.05, 4.69) is 21.2 Å². The Labute approximate surface area is 84.1 Å². The molecule has 0 spiro atoms. The zero-order valence-electron chi connectivity index (χ0n) is 7.08. The molecule has 0 aliphatic carbocycles. The van der Waals surface area contributed by atoms with Crippen LogP contribution in [0.3, 0.4) is 0 Å². The molecule has 0 aromatic carbocycles. The number of nitrogens with one attached hydrogen (secondary N) is 1. The van der Waals surface area contributed by atoms with Gasteiger partial charge in [0.1, 0.15) is 11.8 Å². The van der Waals surface area contributed by atoms with E-state index in [-0.39, 0.29) is 0 Å². The number of carboxylic acids is 1. The van der Waals surface area contributed by atoms with Gasteiger partial charge in [-0.3, -0.25) is 10.1 Å². The average Bonchev–Trinajstić information content (AvgIpc) is 2.47. The van der Waals surface area contributed by atoms with Crippen LogP contribution in [0, 0.1) is 0 Å². The van der Waals surface area contributed by atoms with Crippen LogP contribution in [0.2, 0.25) is 0 Å². The Bertz CT molecular complexity index is 297. The van der Waals surface area contributed by atoms with Crippen molar-refractivity contribution in [1.29, 1.82) is 0 Å². The zero-order chi connectivity index (χ0) is 9.84. The summed E-state index contributed by atoms with van der Waals surface area (Å²) in [7, 11) is 0. The lowest BCUT2D eigenvalue weighted by atomic mass is 10.3. The van der Waals surface area contributed by atoms with E-state index < -0.39 is 12.0 Å². The quantitative estimate of drug-likeness (QED) is 0.849. The Morgan fingerprint density at radius 1 is 1.77 bits per heavy atom. The highest BCUT2D eigenvalue weighted by Crippen LogP contribution is 2.13. The maximum Gasteiger partial charge on any atom is 0.320 e. The molecule has 0 saturated carbocycles. The van der Waals surface area contributed by atoms with Crippen molar-refractivity contribution in [3.63, 3.8) is 0 Å². The van der Waals surface area contributed by atoms with Crippen LogP contribution < -0.4 is 5.32 Å². The maximum atomic E-state index is 10.4. The smallest absolute Gasteiger partial charge is 0.320 e. The minimum absolute atomic E-state index is 0.416. The van der Waals surface area contributed by atoms with E-state index in [0.717, 1.165) is 0 Å². The van der Waals surface area contributed by atoms with Crippen LogP contribution in [-0.4, -0.2) is 17.1 Å². The molecular formula is C8H10BrNO3. The van der Waals surface area contributed by atoms with Gasteiger partial charge in [0.25, 0.3) is 0 Å². The molecule has 0 fully saturated rings. The van der Waals surface area contributed by atoms with Crippen molar-refractivity contribution < 1.29 is 14.3 Å². The fraction of sp³-hybridized carbons (Fsp3) is 0.375. The summed E-state index contributed by atoms with van der Waals surface area (Å²) in [5, 5.41) is 11.4. The van der Waals surface area contributed by atoms with Gasteiger partial charge in [-0.2, -0.15) is 0 Å². The molecule has 72 valence electrons. The van der Waals surface area contributed by atoms with Gasteiger partial charge in [0, 0.05) is 0 Å². The molecular weight excluding hydrogens is 238 g/mol. The maximum absolute atomic E-state index is 10.4. The number of furan rings is 1. The highest BCUT2D eigenvalue weighted by Gasteiger charge is 2.10. The van der Waals surface area contributed by atoms with Crippen LogP contribution in [0.4, 0.5) is 0 Å². The van der Waals surface area contributed by atoms with E-state index in [1.54, 1.807) is 19.1 Å². The van der Waals surface area contributed by atoms with Crippen molar-refractivity contribution in [3.8, 4) is 0 Å². The molecule has 1 aromatic rings. The van der Waals surface area contributed by atoms with Gasteiger partial charge in [-0.1, -0.05) is 0 Å². The van der Waals surface area contributed by atoms with Crippen molar-refractivity contribution in [1.82, 2.24) is 5.32 Å². The number of hydrogen-bond donors (Lipinski definition) is 2. The Morgan fingerprint density at radius 3 is 2.92 bits per heavy atom. The number of rotatable bonds is 4. The first-order valence-corrected chi connectivity index (χ1v) is 4.59. The van der Waals surface area contributed by atoms with Gasteiger partial charge < -0.3 is 9.52 Å². The van der Waals surface area contributed by atoms with Gasteiger partial charge in [-0.05, 0) is 35.0 Å². The molecule has 0 bridgehead atoms. The summed E-state index contributed by atoms with van der Waals surface area (Å²) < 4.78 is 5.82. The lowest BCUT2D eigenvalue weighted by molar-refractivity contribution is -0.139. The van der Waals surface area contributed by atoms with Crippen molar-refractivity contribution >= 4 is 21.9 Å². The van der Waals surface area contributed by atoms with E-state index in [0.29, 0.717) is 17.0 Å². The number of carboxylic acid groups (broad SMARTS) is 1. The molecule has 1 unspecified atom stereocenters. The van der Waals surface area contributed by atoms with E-state index in [9.17, 15) is 4.79 Å². The molecule has 0 amide bonds. The first kappa shape index (κ1) is 10.3. The molecule has 5 heteroatoms. The number of hydrogen-bond acceptors (Lipinski definition) is 3. The van der Waals surface area contributed by atoms with Gasteiger partial charge in [0.2, 0.25) is 0 Å². The Balaban J connectivity index is 2.39. The van der Waals surface area contributed by atoms with Crippen molar-refractivity contribution in [2.75, 3.05) is 0 Å². The Kier molecular flexibility index (Phi) is 3.50. The largest absolute Gasteiger partial charge is 0.480 e. The van der Waals surface area contributed by atoms with Crippen LogP contribution in [0.1, 0.15) is 12.7 Å². The molecule has 4 nitrogen and oxygen atoms in total. The summed E-state index contributed by atoms with van der Waals surface area (Å²) in [5.74, 6) is -0.161. The minimum Gasteiger partial charge on any atom is -0.480 e. The second-order valence-electron chi connectivity index (χ2n) is 2.65. The molecule has 0 aliphatic rings. The fourth-order valence-corrected chi connectivity index (χ4v) is 1.13. The lowest BCUT2D eigenvalue weighted by Gasteiger charge is -2.06. The van der Waals surface area contributed by atoms with E-state index in [1.807, 2.05) is 0 Å². The van der Waals surface area contributed by atoms with Crippen LogP contribution in [0.25, 0.3) is 0 Å². The third kappa shape index (κ3) is 3.20. The molecule has 1 rings (SSSR count). The summed E-state index contributed by atoms with van der Waals surface area (Å²) in [6, 6.07) is 2.98. The van der Waals surface area contributed by atoms with Gasteiger partial charge in [-0.25, -0.2) is 0 Å². The third-order valence-corrected chi connectivity index (χ3v) is 2.01. The summed E-state index contributed by atoms with van der Waals surface area (Å²) >= 11 is 3.16. The van der Waals surface area contributed by atoms with E-state index >= 15 is 0 Å². The topological polar surface area (TPSA) is 62.5 Å². The first-order valence-electron chi connectivity index (χ1n) is 3.80. The highest BCUT2D eigenvalue weighted by atomic mass is 79.9. The molecule has 2 N–H and O–H groups in total. The van der Waals surface area contributed by atoms with Gasteiger partial charge in [-0.15, -0.1) is 0 Å². The normalized spacial score (nSPS) is 12.8. The molecule has 1 aromatic heterocycles. The average molecular weight is 248 g/mol. The molecule has 0 aliphatic heterocycles. The van der Waals surface area contributed by atoms with Crippen LogP contribution in [0.5, 0.6) is 0 Å². The van der Waals surface area contributed by atoms with E-state index in [4.69, 9.17) is 9.52 Å². The van der Waals surface area contributed by atoms with Crippen molar-refractivity contribution in [3.05, 3.63) is 22.6 Å². The Morgan fingerprint density at radius 2 is 2.46 bits per heavy atom. The molecule has 0 radical (unpaired) electrons. The third-order valence-electron chi connectivity index (χ3n) is 1.58. The lowest BCUT2D eigenvalue weighted by Crippen LogP contribution is -2.32. The molecule has 0 saturated heterocycles. The predicted molar refractivity (Wildman–Crippen MR) is 50.3 cm³/mol. The number of aliphatic carboxylic acids is 1. The fourth-order valence-electron chi connectivity index (χ4n) is 0.788. The monoisotopic (exact) mass is 247 g/mol. The predicted octanol–water partition coefficient (Wildman–Crippen LogP) is 1.60. The molecule has 1 heterocycles. The standard InChI is InChI=1S/C8H10BrNO3/c1-5(8(11)12)10-4-6-2-3-7(9)13-6/h2-3,5,10H,4H2,1H3,(H,11,12).